The fourth-order valence-electron chi connectivity index (χ4n) is 4.40. The molecule has 2 aromatic carbocycles. The number of nitrogens with zero attached hydrogens (tertiary/aromatic N) is 3. The summed E-state index contributed by atoms with van der Waals surface area (Å²) in [6.07, 6.45) is 0. The number of carboxylic acid groups (broad SMARTS) is 1. The normalized spacial score (nSPS) is 17.2. The van der Waals surface area contributed by atoms with Gasteiger partial charge < -0.3 is 14.6 Å². The average Bonchev–Trinajstić information content (AvgIpc) is 3.18. The van der Waals surface area contributed by atoms with Crippen LogP contribution < -0.4 is 4.74 Å². The Morgan fingerprint density at radius 3 is 2.55 bits per heavy atom. The fourth-order valence-corrected chi connectivity index (χ4v) is 6.01. The Kier molecular flexibility index (Phi) is 5.43. The third-order valence-corrected chi connectivity index (χ3v) is 7.67. The Labute approximate surface area is 191 Å². The molecular weight excluding hydrogens is 446 g/mol. The first-order valence-corrected chi connectivity index (χ1v) is 12.2. The van der Waals surface area contributed by atoms with Crippen molar-refractivity contribution in [3.05, 3.63) is 59.3 Å². The topological polar surface area (TPSA) is 111 Å². The maximum absolute atomic E-state index is 13.0. The number of methoxy groups -OCH3 is 1. The smallest absolute Gasteiger partial charge is 0.356 e. The predicted octanol–water partition coefficient (Wildman–Crippen LogP) is 2.37. The number of morpholine rings is 1. The molecule has 0 saturated carbocycles. The summed E-state index contributed by atoms with van der Waals surface area (Å²) >= 11 is 0. The van der Waals surface area contributed by atoms with Crippen LogP contribution in [0.4, 0.5) is 0 Å². The van der Waals surface area contributed by atoms with Crippen molar-refractivity contribution in [1.82, 2.24) is 14.7 Å². The first kappa shape index (κ1) is 21.6. The molecule has 2 aliphatic heterocycles. The van der Waals surface area contributed by atoms with Gasteiger partial charge >= 0.3 is 5.97 Å². The van der Waals surface area contributed by atoms with Gasteiger partial charge in [0.05, 0.1) is 47.9 Å². The quantitative estimate of drug-likeness (QED) is 0.606. The highest BCUT2D eigenvalue weighted by molar-refractivity contribution is 7.91. The monoisotopic (exact) mass is 469 g/mol. The molecule has 0 unspecified atom stereocenters. The molecule has 33 heavy (non-hydrogen) atoms. The number of aromatic nitrogens is 2. The van der Waals surface area contributed by atoms with Crippen molar-refractivity contribution in [1.29, 1.82) is 0 Å². The first-order valence-electron chi connectivity index (χ1n) is 10.5. The summed E-state index contributed by atoms with van der Waals surface area (Å²) in [5, 5.41) is 14.1. The van der Waals surface area contributed by atoms with Gasteiger partial charge in [0.25, 0.3) is 0 Å². The van der Waals surface area contributed by atoms with Crippen LogP contribution in [0.2, 0.25) is 0 Å². The largest absolute Gasteiger partial charge is 0.496 e. The minimum atomic E-state index is -3.75. The molecule has 1 fully saturated rings. The number of benzene rings is 2. The molecular formula is C23H23N3O6S. The first-order chi connectivity index (χ1) is 15.9. The van der Waals surface area contributed by atoms with Crippen LogP contribution in [-0.4, -0.2) is 67.6 Å². The van der Waals surface area contributed by atoms with Crippen LogP contribution in [0, 0.1) is 0 Å². The lowest BCUT2D eigenvalue weighted by molar-refractivity contribution is 0.0342. The minimum Gasteiger partial charge on any atom is -0.496 e. The van der Waals surface area contributed by atoms with Gasteiger partial charge in [-0.25, -0.2) is 17.9 Å². The molecule has 9 nitrogen and oxygen atoms in total. The van der Waals surface area contributed by atoms with E-state index in [9.17, 15) is 18.3 Å². The average molecular weight is 470 g/mol. The number of fused-ring (bicyclic) bond motifs is 3. The highest BCUT2D eigenvalue weighted by Crippen LogP contribution is 2.45. The van der Waals surface area contributed by atoms with Crippen LogP contribution in [0.5, 0.6) is 5.75 Å². The Balaban J connectivity index is 1.63. The van der Waals surface area contributed by atoms with E-state index in [1.807, 2.05) is 24.3 Å². The molecule has 0 amide bonds. The van der Waals surface area contributed by atoms with E-state index < -0.39 is 21.6 Å². The number of carboxylic acids is 1. The van der Waals surface area contributed by atoms with E-state index in [2.05, 4.69) is 10.00 Å². The van der Waals surface area contributed by atoms with E-state index in [-0.39, 0.29) is 16.2 Å². The van der Waals surface area contributed by atoms with Crippen molar-refractivity contribution >= 4 is 15.8 Å². The van der Waals surface area contributed by atoms with Gasteiger partial charge in [-0.15, -0.1) is 0 Å². The highest BCUT2D eigenvalue weighted by atomic mass is 32.2. The molecule has 3 heterocycles. The second kappa shape index (κ2) is 8.29. The lowest BCUT2D eigenvalue weighted by Gasteiger charge is -2.26. The minimum absolute atomic E-state index is 0.108. The third kappa shape index (κ3) is 3.79. The van der Waals surface area contributed by atoms with Crippen LogP contribution in [0.1, 0.15) is 21.6 Å². The fraction of sp³-hybridized carbons (Fsp3) is 0.304. The molecule has 0 aliphatic carbocycles. The van der Waals surface area contributed by atoms with Gasteiger partial charge in [0.1, 0.15) is 5.75 Å². The van der Waals surface area contributed by atoms with Gasteiger partial charge in [-0.05, 0) is 29.8 Å². The van der Waals surface area contributed by atoms with E-state index in [1.165, 1.54) is 17.9 Å². The van der Waals surface area contributed by atoms with Gasteiger partial charge in [-0.2, -0.15) is 5.10 Å². The summed E-state index contributed by atoms with van der Waals surface area (Å²) in [5.41, 5.74) is 2.40. The summed E-state index contributed by atoms with van der Waals surface area (Å²) < 4.78 is 38.3. The predicted molar refractivity (Wildman–Crippen MR) is 119 cm³/mol. The number of carbonyl (C=O) groups is 1. The second-order valence-electron chi connectivity index (χ2n) is 8.04. The van der Waals surface area contributed by atoms with Crippen LogP contribution in [0.15, 0.2) is 47.4 Å². The third-order valence-electron chi connectivity index (χ3n) is 5.99. The molecule has 0 radical (unpaired) electrons. The Bertz CT molecular complexity index is 1320. The lowest BCUT2D eigenvalue weighted by atomic mass is 10.0. The van der Waals surface area contributed by atoms with Gasteiger partial charge in [0.15, 0.2) is 15.5 Å². The highest BCUT2D eigenvalue weighted by Gasteiger charge is 2.37. The van der Waals surface area contributed by atoms with Gasteiger partial charge in [0, 0.05) is 25.2 Å². The maximum atomic E-state index is 13.0. The zero-order valence-electron chi connectivity index (χ0n) is 18.0. The molecule has 1 saturated heterocycles. The zero-order chi connectivity index (χ0) is 23.2. The van der Waals surface area contributed by atoms with Crippen molar-refractivity contribution in [2.75, 3.05) is 33.4 Å². The Morgan fingerprint density at radius 2 is 1.88 bits per heavy atom. The molecule has 5 rings (SSSR count). The van der Waals surface area contributed by atoms with Gasteiger partial charge in [-0.1, -0.05) is 18.2 Å². The van der Waals surface area contributed by atoms with E-state index in [0.29, 0.717) is 22.7 Å². The summed E-state index contributed by atoms with van der Waals surface area (Å²) in [6.45, 7) is 3.98. The van der Waals surface area contributed by atoms with Gasteiger partial charge in [0.2, 0.25) is 0 Å². The number of ether oxygens (including phenoxy) is 2. The number of aromatic carboxylic acids is 1. The molecule has 3 aromatic rings. The summed E-state index contributed by atoms with van der Waals surface area (Å²) in [5.74, 6) is -1.36. The Morgan fingerprint density at radius 1 is 1.15 bits per heavy atom. The van der Waals surface area contributed by atoms with Crippen LogP contribution in [0.3, 0.4) is 0 Å². The molecule has 1 N–H and O–H groups in total. The summed E-state index contributed by atoms with van der Waals surface area (Å²) in [7, 11) is -2.29. The standard InChI is InChI=1S/C23H23N3O6S/c1-31-18-3-2-4-19-20(18)22-17(14-33(19,29)30)21(23(27)28)24-26(22)16-7-5-15(6-8-16)13-25-9-11-32-12-10-25/h2-8H,9-14H2,1H3,(H,27,28). The molecule has 10 heteroatoms. The van der Waals surface area contributed by atoms with E-state index in [1.54, 1.807) is 12.1 Å². The molecule has 1 aromatic heterocycles. The summed E-state index contributed by atoms with van der Waals surface area (Å²) in [6, 6.07) is 12.5. The van der Waals surface area contributed by atoms with Crippen LogP contribution >= 0.6 is 0 Å². The second-order valence-corrected chi connectivity index (χ2v) is 10.00. The SMILES string of the molecule is COc1cccc2c1-c1c(c(C(=O)O)nn1-c1ccc(CN3CCOCC3)cc1)CS2(=O)=O. The van der Waals surface area contributed by atoms with Crippen molar-refractivity contribution < 1.29 is 27.8 Å². The maximum Gasteiger partial charge on any atom is 0.356 e. The number of sulfone groups is 1. The van der Waals surface area contributed by atoms with Crippen LogP contribution in [-0.2, 0) is 26.9 Å². The lowest BCUT2D eigenvalue weighted by Crippen LogP contribution is -2.35. The number of hydrogen-bond donors (Lipinski definition) is 1. The van der Waals surface area contributed by atoms with E-state index in [0.717, 1.165) is 38.4 Å². The zero-order valence-corrected chi connectivity index (χ0v) is 18.8. The van der Waals surface area contributed by atoms with E-state index >= 15 is 0 Å². The Hall–Kier alpha value is -3.21. The molecule has 172 valence electrons. The molecule has 0 spiro atoms. The van der Waals surface area contributed by atoms with Crippen LogP contribution in [0.25, 0.3) is 16.9 Å². The molecule has 2 aliphatic rings. The number of hydrogen-bond acceptors (Lipinski definition) is 7. The van der Waals surface area contributed by atoms with Crippen molar-refractivity contribution in [2.45, 2.75) is 17.2 Å². The van der Waals surface area contributed by atoms with Crippen molar-refractivity contribution in [2.24, 2.45) is 0 Å². The molecule has 0 bridgehead atoms. The molecule has 0 atom stereocenters. The van der Waals surface area contributed by atoms with Crippen molar-refractivity contribution in [3.63, 3.8) is 0 Å². The van der Waals surface area contributed by atoms with Crippen molar-refractivity contribution in [3.8, 4) is 22.7 Å². The van der Waals surface area contributed by atoms with E-state index in [4.69, 9.17) is 9.47 Å². The van der Waals surface area contributed by atoms with Gasteiger partial charge in [-0.3, -0.25) is 4.90 Å². The number of rotatable bonds is 5. The summed E-state index contributed by atoms with van der Waals surface area (Å²) in [4.78, 5) is 14.4.